The fourth-order valence-corrected chi connectivity index (χ4v) is 2.66. The monoisotopic (exact) mass is 349 g/mol. The number of carbonyl (C=O) groups is 1. The summed E-state index contributed by atoms with van der Waals surface area (Å²) >= 11 is 6.05. The van der Waals surface area contributed by atoms with Crippen LogP contribution in [0.1, 0.15) is 18.9 Å². The zero-order valence-electron chi connectivity index (χ0n) is 12.8. The van der Waals surface area contributed by atoms with Gasteiger partial charge < -0.3 is 15.1 Å². The molecule has 0 aliphatic carbocycles. The standard InChI is InChI=1S/C15H19ClF3N3O/c1-2-5-20-14(23)22-8-6-21(7-9-22)13-10-11(15(17,18)19)3-4-12(13)16/h3-4,10H,2,5-9H2,1H3,(H,20,23). The molecule has 0 saturated carbocycles. The Morgan fingerprint density at radius 2 is 1.91 bits per heavy atom. The number of alkyl halides is 3. The molecule has 2 rings (SSSR count). The lowest BCUT2D eigenvalue weighted by molar-refractivity contribution is -0.137. The summed E-state index contributed by atoms with van der Waals surface area (Å²) in [5, 5.41) is 3.07. The Morgan fingerprint density at radius 3 is 2.48 bits per heavy atom. The van der Waals surface area contributed by atoms with Gasteiger partial charge in [-0.3, -0.25) is 0 Å². The molecule has 1 saturated heterocycles. The van der Waals surface area contributed by atoms with E-state index < -0.39 is 11.7 Å². The average Bonchev–Trinajstić information content (AvgIpc) is 2.52. The van der Waals surface area contributed by atoms with Crippen LogP contribution in [0.25, 0.3) is 0 Å². The van der Waals surface area contributed by atoms with E-state index in [1.807, 2.05) is 6.92 Å². The summed E-state index contributed by atoms with van der Waals surface area (Å²) in [4.78, 5) is 15.3. The number of hydrogen-bond acceptors (Lipinski definition) is 2. The van der Waals surface area contributed by atoms with Crippen molar-refractivity contribution < 1.29 is 18.0 Å². The number of anilines is 1. The van der Waals surface area contributed by atoms with Crippen LogP contribution in [0.15, 0.2) is 18.2 Å². The number of carbonyl (C=O) groups excluding carboxylic acids is 1. The second-order valence-corrected chi connectivity index (χ2v) is 5.78. The molecular weight excluding hydrogens is 331 g/mol. The second kappa shape index (κ2) is 7.29. The van der Waals surface area contributed by atoms with Crippen LogP contribution in [-0.4, -0.2) is 43.7 Å². The van der Waals surface area contributed by atoms with Crippen LogP contribution in [0.4, 0.5) is 23.7 Å². The van der Waals surface area contributed by atoms with Gasteiger partial charge in [0.1, 0.15) is 0 Å². The first kappa shape index (κ1) is 17.7. The van der Waals surface area contributed by atoms with Crippen LogP contribution in [-0.2, 0) is 6.18 Å². The molecule has 23 heavy (non-hydrogen) atoms. The van der Waals surface area contributed by atoms with Crippen LogP contribution in [0.3, 0.4) is 0 Å². The van der Waals surface area contributed by atoms with Gasteiger partial charge >= 0.3 is 12.2 Å². The van der Waals surface area contributed by atoms with E-state index in [4.69, 9.17) is 11.6 Å². The van der Waals surface area contributed by atoms with Crippen molar-refractivity contribution in [3.63, 3.8) is 0 Å². The number of urea groups is 1. The van der Waals surface area contributed by atoms with E-state index in [-0.39, 0.29) is 11.1 Å². The highest BCUT2D eigenvalue weighted by Gasteiger charge is 2.32. The van der Waals surface area contributed by atoms with Crippen molar-refractivity contribution >= 4 is 23.3 Å². The third-order valence-corrected chi connectivity index (χ3v) is 4.03. The van der Waals surface area contributed by atoms with E-state index in [2.05, 4.69) is 5.32 Å². The van der Waals surface area contributed by atoms with Crippen LogP contribution in [0, 0.1) is 0 Å². The van der Waals surface area contributed by atoms with Gasteiger partial charge in [-0.05, 0) is 24.6 Å². The minimum absolute atomic E-state index is 0.137. The third-order valence-electron chi connectivity index (χ3n) is 3.71. The minimum Gasteiger partial charge on any atom is -0.367 e. The first-order valence-electron chi connectivity index (χ1n) is 7.47. The molecule has 0 atom stereocenters. The highest BCUT2D eigenvalue weighted by Crippen LogP contribution is 2.35. The van der Waals surface area contributed by atoms with E-state index >= 15 is 0 Å². The van der Waals surface area contributed by atoms with E-state index in [1.165, 1.54) is 6.07 Å². The number of benzene rings is 1. The Morgan fingerprint density at radius 1 is 1.26 bits per heavy atom. The summed E-state index contributed by atoms with van der Waals surface area (Å²) in [5.41, 5.74) is -0.366. The summed E-state index contributed by atoms with van der Waals surface area (Å²) < 4.78 is 38.5. The summed E-state index contributed by atoms with van der Waals surface area (Å²) in [6.07, 6.45) is -3.55. The van der Waals surface area contributed by atoms with Crippen molar-refractivity contribution in [2.24, 2.45) is 0 Å². The number of nitrogens with one attached hydrogen (secondary N) is 1. The van der Waals surface area contributed by atoms with E-state index in [0.717, 1.165) is 18.6 Å². The molecule has 0 bridgehead atoms. The van der Waals surface area contributed by atoms with Crippen LogP contribution >= 0.6 is 11.6 Å². The average molecular weight is 350 g/mol. The van der Waals surface area contributed by atoms with Gasteiger partial charge in [-0.1, -0.05) is 18.5 Å². The molecule has 0 radical (unpaired) electrons. The van der Waals surface area contributed by atoms with E-state index in [0.29, 0.717) is 38.4 Å². The molecule has 0 spiro atoms. The molecule has 4 nitrogen and oxygen atoms in total. The molecule has 0 unspecified atom stereocenters. The quantitative estimate of drug-likeness (QED) is 0.905. The Labute approximate surface area is 138 Å². The highest BCUT2D eigenvalue weighted by molar-refractivity contribution is 6.33. The lowest BCUT2D eigenvalue weighted by atomic mass is 10.1. The Balaban J connectivity index is 2.04. The van der Waals surface area contributed by atoms with Gasteiger partial charge in [0.15, 0.2) is 0 Å². The molecule has 1 fully saturated rings. The minimum atomic E-state index is -4.40. The van der Waals surface area contributed by atoms with Gasteiger partial charge in [0.2, 0.25) is 0 Å². The number of halogens is 4. The maximum Gasteiger partial charge on any atom is 0.416 e. The maximum absolute atomic E-state index is 12.8. The molecule has 1 heterocycles. The predicted molar refractivity (Wildman–Crippen MR) is 83.9 cm³/mol. The molecule has 1 aromatic rings. The highest BCUT2D eigenvalue weighted by atomic mass is 35.5. The maximum atomic E-state index is 12.8. The summed E-state index contributed by atoms with van der Waals surface area (Å²) in [5.74, 6) is 0. The van der Waals surface area contributed by atoms with Gasteiger partial charge in [-0.15, -0.1) is 0 Å². The zero-order chi connectivity index (χ0) is 17.0. The molecule has 0 aromatic heterocycles. The molecular formula is C15H19ClF3N3O. The lowest BCUT2D eigenvalue weighted by Crippen LogP contribution is -2.52. The van der Waals surface area contributed by atoms with E-state index in [9.17, 15) is 18.0 Å². The zero-order valence-corrected chi connectivity index (χ0v) is 13.5. The van der Waals surface area contributed by atoms with Gasteiger partial charge in [0, 0.05) is 32.7 Å². The normalized spacial score (nSPS) is 15.7. The Kier molecular flexibility index (Phi) is 5.62. The smallest absolute Gasteiger partial charge is 0.367 e. The SMILES string of the molecule is CCCNC(=O)N1CCN(c2cc(C(F)(F)F)ccc2Cl)CC1. The van der Waals surface area contributed by atoms with Crippen molar-refractivity contribution in [1.29, 1.82) is 0 Å². The number of rotatable bonds is 3. The first-order valence-corrected chi connectivity index (χ1v) is 7.85. The molecule has 1 aliphatic rings. The van der Waals surface area contributed by atoms with Crippen molar-refractivity contribution in [2.75, 3.05) is 37.6 Å². The fourth-order valence-electron chi connectivity index (χ4n) is 2.43. The first-order chi connectivity index (χ1) is 10.8. The molecule has 128 valence electrons. The van der Waals surface area contributed by atoms with Crippen LogP contribution in [0.2, 0.25) is 5.02 Å². The summed E-state index contributed by atoms with van der Waals surface area (Å²) in [6, 6.07) is 3.16. The number of piperazine rings is 1. The van der Waals surface area contributed by atoms with E-state index in [1.54, 1.807) is 9.80 Å². The number of nitrogens with zero attached hydrogens (tertiary/aromatic N) is 2. The number of amides is 2. The van der Waals surface area contributed by atoms with Gasteiger partial charge in [-0.2, -0.15) is 13.2 Å². The van der Waals surface area contributed by atoms with Gasteiger partial charge in [0.05, 0.1) is 16.3 Å². The molecule has 8 heteroatoms. The Bertz CT molecular complexity index is 557. The summed E-state index contributed by atoms with van der Waals surface area (Å²) in [7, 11) is 0. The van der Waals surface area contributed by atoms with Crippen molar-refractivity contribution in [1.82, 2.24) is 10.2 Å². The molecule has 2 amide bonds. The molecule has 1 N–H and O–H groups in total. The largest absolute Gasteiger partial charge is 0.416 e. The van der Waals surface area contributed by atoms with Crippen LogP contribution in [0.5, 0.6) is 0 Å². The van der Waals surface area contributed by atoms with Gasteiger partial charge in [-0.25, -0.2) is 4.79 Å². The van der Waals surface area contributed by atoms with Gasteiger partial charge in [0.25, 0.3) is 0 Å². The fraction of sp³-hybridized carbons (Fsp3) is 0.533. The van der Waals surface area contributed by atoms with Crippen molar-refractivity contribution in [2.45, 2.75) is 19.5 Å². The summed E-state index contributed by atoms with van der Waals surface area (Å²) in [6.45, 7) is 4.36. The number of hydrogen-bond donors (Lipinski definition) is 1. The Hall–Kier alpha value is -1.63. The third kappa shape index (κ3) is 4.43. The topological polar surface area (TPSA) is 35.6 Å². The molecule has 1 aliphatic heterocycles. The van der Waals surface area contributed by atoms with Crippen molar-refractivity contribution in [3.8, 4) is 0 Å². The molecule has 1 aromatic carbocycles. The predicted octanol–water partition coefficient (Wildman–Crippen LogP) is 3.60. The van der Waals surface area contributed by atoms with Crippen molar-refractivity contribution in [3.05, 3.63) is 28.8 Å². The second-order valence-electron chi connectivity index (χ2n) is 5.37. The lowest BCUT2D eigenvalue weighted by Gasteiger charge is -2.36. The van der Waals surface area contributed by atoms with Crippen LogP contribution < -0.4 is 10.2 Å².